The molecule has 0 aliphatic carbocycles. The average molecular weight is 264 g/mol. The molecule has 3 rings (SSSR count). The first-order chi connectivity index (χ1) is 9.18. The van der Waals surface area contributed by atoms with Gasteiger partial charge in [-0.25, -0.2) is 9.18 Å². The lowest BCUT2D eigenvalue weighted by Crippen LogP contribution is -2.40. The van der Waals surface area contributed by atoms with Crippen molar-refractivity contribution in [2.24, 2.45) is 0 Å². The Hall–Kier alpha value is -1.95. The van der Waals surface area contributed by atoms with E-state index in [2.05, 4.69) is 4.98 Å². The van der Waals surface area contributed by atoms with Crippen LogP contribution in [0.4, 0.5) is 4.39 Å². The summed E-state index contributed by atoms with van der Waals surface area (Å²) in [5.74, 6) is -0.612. The fraction of sp³-hybridized carbons (Fsp3) is 0.385. The quantitative estimate of drug-likeness (QED) is 0.841. The zero-order valence-electron chi connectivity index (χ0n) is 10.2. The number of fused-ring (bicyclic) bond motifs is 1. The highest BCUT2D eigenvalue weighted by Crippen LogP contribution is 2.18. The second kappa shape index (κ2) is 4.62. The second-order valence-corrected chi connectivity index (χ2v) is 4.61. The maximum Gasteiger partial charge on any atom is 0.329 e. The van der Waals surface area contributed by atoms with Crippen LogP contribution < -0.4 is 11.2 Å². The van der Waals surface area contributed by atoms with Crippen molar-refractivity contribution in [3.8, 4) is 0 Å². The van der Waals surface area contributed by atoms with Crippen LogP contribution in [-0.2, 0) is 4.74 Å². The van der Waals surface area contributed by atoms with E-state index in [-0.39, 0.29) is 16.9 Å². The van der Waals surface area contributed by atoms with E-state index in [1.807, 2.05) is 0 Å². The number of H-pyrrole nitrogens is 1. The maximum atomic E-state index is 13.8. The van der Waals surface area contributed by atoms with Gasteiger partial charge in [-0.1, -0.05) is 6.07 Å². The molecule has 0 saturated carbocycles. The molecule has 1 aromatic heterocycles. The molecule has 6 heteroatoms. The van der Waals surface area contributed by atoms with Gasteiger partial charge in [0.1, 0.15) is 5.82 Å². The number of nitrogens with zero attached hydrogens (tertiary/aromatic N) is 1. The Morgan fingerprint density at radius 3 is 2.74 bits per heavy atom. The van der Waals surface area contributed by atoms with Crippen LogP contribution in [0.1, 0.15) is 18.9 Å². The number of rotatable bonds is 1. The van der Waals surface area contributed by atoms with Gasteiger partial charge in [0, 0.05) is 19.3 Å². The number of aromatic amines is 1. The molecule has 0 radical (unpaired) electrons. The minimum Gasteiger partial charge on any atom is -0.381 e. The molecule has 0 spiro atoms. The fourth-order valence-electron chi connectivity index (χ4n) is 2.51. The van der Waals surface area contributed by atoms with Crippen molar-refractivity contribution >= 4 is 10.9 Å². The van der Waals surface area contributed by atoms with Gasteiger partial charge in [-0.3, -0.25) is 9.36 Å². The number of hydrogen-bond acceptors (Lipinski definition) is 3. The van der Waals surface area contributed by atoms with Crippen molar-refractivity contribution in [2.45, 2.75) is 18.9 Å². The SMILES string of the molecule is O=c1[nH]c2cccc(F)c2c(=O)n1C1CCOCC1. The highest BCUT2D eigenvalue weighted by molar-refractivity contribution is 5.77. The largest absolute Gasteiger partial charge is 0.381 e. The standard InChI is InChI=1S/C13H13FN2O3/c14-9-2-1-3-10-11(9)12(17)16(13(18)15-10)8-4-6-19-7-5-8/h1-3,8H,4-7H2,(H,15,18). The number of halogens is 1. The lowest BCUT2D eigenvalue weighted by atomic mass is 10.1. The molecular weight excluding hydrogens is 251 g/mol. The molecule has 1 fully saturated rings. The molecule has 2 aromatic rings. The van der Waals surface area contributed by atoms with Crippen LogP contribution in [0.3, 0.4) is 0 Å². The van der Waals surface area contributed by atoms with E-state index in [1.54, 1.807) is 0 Å². The van der Waals surface area contributed by atoms with Gasteiger partial charge < -0.3 is 9.72 Å². The zero-order valence-corrected chi connectivity index (χ0v) is 10.2. The predicted molar refractivity (Wildman–Crippen MR) is 67.9 cm³/mol. The maximum absolute atomic E-state index is 13.8. The molecule has 0 bridgehead atoms. The summed E-state index contributed by atoms with van der Waals surface area (Å²) in [6, 6.07) is 3.98. The van der Waals surface area contributed by atoms with Crippen LogP contribution in [0.25, 0.3) is 10.9 Å². The summed E-state index contributed by atoms with van der Waals surface area (Å²) in [5.41, 5.74) is -0.822. The zero-order chi connectivity index (χ0) is 13.4. The van der Waals surface area contributed by atoms with Crippen LogP contribution >= 0.6 is 0 Å². The van der Waals surface area contributed by atoms with Crippen molar-refractivity contribution in [1.29, 1.82) is 0 Å². The van der Waals surface area contributed by atoms with Gasteiger partial charge in [-0.15, -0.1) is 0 Å². The van der Waals surface area contributed by atoms with Crippen LogP contribution in [0.2, 0.25) is 0 Å². The topological polar surface area (TPSA) is 64.1 Å². The molecule has 2 heterocycles. The van der Waals surface area contributed by atoms with Crippen molar-refractivity contribution in [3.63, 3.8) is 0 Å². The van der Waals surface area contributed by atoms with Gasteiger partial charge in [0.05, 0.1) is 10.9 Å². The molecular formula is C13H13FN2O3. The van der Waals surface area contributed by atoms with E-state index < -0.39 is 17.1 Å². The van der Waals surface area contributed by atoms with Crippen LogP contribution in [0.5, 0.6) is 0 Å². The molecule has 1 saturated heterocycles. The Morgan fingerprint density at radius 1 is 1.26 bits per heavy atom. The van der Waals surface area contributed by atoms with Gasteiger partial charge >= 0.3 is 5.69 Å². The molecule has 0 atom stereocenters. The monoisotopic (exact) mass is 264 g/mol. The number of ether oxygens (including phenoxy) is 1. The summed E-state index contributed by atoms with van der Waals surface area (Å²) in [6.45, 7) is 1.01. The highest BCUT2D eigenvalue weighted by Gasteiger charge is 2.21. The Balaban J connectivity index is 2.27. The Morgan fingerprint density at radius 2 is 2.00 bits per heavy atom. The van der Waals surface area contributed by atoms with Crippen LogP contribution in [-0.4, -0.2) is 22.8 Å². The summed E-state index contributed by atoms with van der Waals surface area (Å²) in [7, 11) is 0. The van der Waals surface area contributed by atoms with Gasteiger partial charge in [0.2, 0.25) is 0 Å². The number of aromatic nitrogens is 2. The third kappa shape index (κ3) is 1.98. The molecule has 19 heavy (non-hydrogen) atoms. The van der Waals surface area contributed by atoms with Crippen LogP contribution in [0.15, 0.2) is 27.8 Å². The summed E-state index contributed by atoms with van der Waals surface area (Å²) < 4.78 is 20.1. The summed E-state index contributed by atoms with van der Waals surface area (Å²) >= 11 is 0. The van der Waals surface area contributed by atoms with Crippen molar-refractivity contribution in [2.75, 3.05) is 13.2 Å². The first-order valence-corrected chi connectivity index (χ1v) is 6.19. The normalized spacial score (nSPS) is 16.9. The minimum absolute atomic E-state index is 0.0615. The van der Waals surface area contributed by atoms with Gasteiger partial charge in [0.25, 0.3) is 5.56 Å². The lowest BCUT2D eigenvalue weighted by molar-refractivity contribution is 0.0676. The molecule has 1 aromatic carbocycles. The molecule has 0 unspecified atom stereocenters. The number of nitrogens with one attached hydrogen (secondary N) is 1. The first-order valence-electron chi connectivity index (χ1n) is 6.19. The number of hydrogen-bond donors (Lipinski definition) is 1. The first kappa shape index (κ1) is 12.1. The molecule has 5 nitrogen and oxygen atoms in total. The second-order valence-electron chi connectivity index (χ2n) is 4.61. The summed E-state index contributed by atoms with van der Waals surface area (Å²) in [6.07, 6.45) is 1.17. The Kier molecular flexibility index (Phi) is 2.94. The van der Waals surface area contributed by atoms with Gasteiger partial charge in [-0.2, -0.15) is 0 Å². The Bertz CT molecular complexity index is 729. The van der Waals surface area contributed by atoms with Crippen LogP contribution in [0, 0.1) is 5.82 Å². The summed E-state index contributed by atoms with van der Waals surface area (Å²) in [4.78, 5) is 26.9. The molecule has 0 amide bonds. The fourth-order valence-corrected chi connectivity index (χ4v) is 2.51. The Labute approximate surface area is 107 Å². The smallest absolute Gasteiger partial charge is 0.329 e. The van der Waals surface area contributed by atoms with Gasteiger partial charge in [0.15, 0.2) is 0 Å². The summed E-state index contributed by atoms with van der Waals surface area (Å²) in [5, 5.41) is -0.0615. The van der Waals surface area contributed by atoms with Gasteiger partial charge in [-0.05, 0) is 25.0 Å². The predicted octanol–water partition coefficient (Wildman–Crippen LogP) is 1.18. The minimum atomic E-state index is -0.612. The third-order valence-corrected chi connectivity index (χ3v) is 3.46. The van der Waals surface area contributed by atoms with Crippen molar-refractivity contribution in [3.05, 3.63) is 44.9 Å². The average Bonchev–Trinajstić information content (AvgIpc) is 2.39. The third-order valence-electron chi connectivity index (χ3n) is 3.46. The van der Waals surface area contributed by atoms with E-state index >= 15 is 0 Å². The molecule has 1 N–H and O–H groups in total. The van der Waals surface area contributed by atoms with Crippen molar-refractivity contribution < 1.29 is 9.13 Å². The molecule has 100 valence electrons. The van der Waals surface area contributed by atoms with Crippen molar-refractivity contribution in [1.82, 2.24) is 9.55 Å². The van der Waals surface area contributed by atoms with E-state index in [0.29, 0.717) is 26.1 Å². The highest BCUT2D eigenvalue weighted by atomic mass is 19.1. The number of benzene rings is 1. The van der Waals surface area contributed by atoms with E-state index in [4.69, 9.17) is 4.74 Å². The molecule has 1 aliphatic rings. The lowest BCUT2D eigenvalue weighted by Gasteiger charge is -2.23. The molecule has 1 aliphatic heterocycles. The van der Waals surface area contributed by atoms with E-state index in [0.717, 1.165) is 4.57 Å². The van der Waals surface area contributed by atoms with E-state index in [1.165, 1.54) is 18.2 Å². The van der Waals surface area contributed by atoms with E-state index in [9.17, 15) is 14.0 Å².